The number of aromatic nitrogens is 1. The van der Waals surface area contributed by atoms with Gasteiger partial charge in [0.1, 0.15) is 0 Å². The van der Waals surface area contributed by atoms with Gasteiger partial charge in [-0.05, 0) is 24.6 Å². The first kappa shape index (κ1) is 12.5. The van der Waals surface area contributed by atoms with E-state index < -0.39 is 10.0 Å². The molecule has 0 aliphatic carbocycles. The van der Waals surface area contributed by atoms with Crippen LogP contribution < -0.4 is 5.32 Å². The summed E-state index contributed by atoms with van der Waals surface area (Å²) in [6.07, 6.45) is 3.37. The molecule has 1 saturated heterocycles. The van der Waals surface area contributed by atoms with E-state index in [0.717, 1.165) is 5.56 Å². The molecular weight excluding hydrogens is 238 g/mol. The van der Waals surface area contributed by atoms with Gasteiger partial charge in [0.2, 0.25) is 10.0 Å². The van der Waals surface area contributed by atoms with E-state index in [9.17, 15) is 8.42 Å². The average molecular weight is 255 g/mol. The first-order valence-corrected chi connectivity index (χ1v) is 7.29. The summed E-state index contributed by atoms with van der Waals surface area (Å²) in [5, 5.41) is 3.14. The van der Waals surface area contributed by atoms with Crippen molar-refractivity contribution in [2.24, 2.45) is 0 Å². The molecule has 1 aromatic rings. The molecule has 0 aromatic carbocycles. The van der Waals surface area contributed by atoms with E-state index >= 15 is 0 Å². The Labute approximate surface area is 102 Å². The molecule has 2 rings (SSSR count). The molecule has 17 heavy (non-hydrogen) atoms. The molecule has 1 atom stereocenters. The van der Waals surface area contributed by atoms with E-state index in [0.29, 0.717) is 19.6 Å². The van der Waals surface area contributed by atoms with Crippen LogP contribution in [0.25, 0.3) is 0 Å². The quantitative estimate of drug-likeness (QED) is 0.820. The summed E-state index contributed by atoms with van der Waals surface area (Å²) in [6, 6.07) is 3.68. The molecule has 1 aliphatic heterocycles. The molecule has 94 valence electrons. The molecule has 0 saturated carbocycles. The van der Waals surface area contributed by atoms with Crippen LogP contribution in [0.1, 0.15) is 12.5 Å². The summed E-state index contributed by atoms with van der Waals surface area (Å²) in [5.74, 6) is 0.169. The van der Waals surface area contributed by atoms with Crippen LogP contribution in [-0.2, 0) is 16.6 Å². The standard InChI is InChI=1S/C11H17N3O2S/c1-10-8-13-6-7-17(15,16)14(10)9-11-2-4-12-5-3-11/h2-5,10,13H,6-9H2,1H3. The van der Waals surface area contributed by atoms with E-state index in [2.05, 4.69) is 10.3 Å². The highest BCUT2D eigenvalue weighted by atomic mass is 32.2. The number of sulfonamides is 1. The van der Waals surface area contributed by atoms with Crippen molar-refractivity contribution < 1.29 is 8.42 Å². The summed E-state index contributed by atoms with van der Waals surface area (Å²) in [6.45, 7) is 3.58. The fraction of sp³-hybridized carbons (Fsp3) is 0.545. The summed E-state index contributed by atoms with van der Waals surface area (Å²) in [7, 11) is -3.16. The summed E-state index contributed by atoms with van der Waals surface area (Å²) in [5.41, 5.74) is 0.970. The van der Waals surface area contributed by atoms with Gasteiger partial charge in [0, 0.05) is 38.1 Å². The van der Waals surface area contributed by atoms with Gasteiger partial charge in [0.25, 0.3) is 0 Å². The van der Waals surface area contributed by atoms with Crippen molar-refractivity contribution in [2.75, 3.05) is 18.8 Å². The lowest BCUT2D eigenvalue weighted by atomic mass is 10.2. The molecule has 1 unspecified atom stereocenters. The Hall–Kier alpha value is -0.980. The van der Waals surface area contributed by atoms with Gasteiger partial charge in [-0.1, -0.05) is 0 Å². The molecule has 1 aromatic heterocycles. The van der Waals surface area contributed by atoms with Crippen molar-refractivity contribution in [1.82, 2.24) is 14.6 Å². The van der Waals surface area contributed by atoms with Crippen molar-refractivity contribution in [3.63, 3.8) is 0 Å². The molecule has 0 amide bonds. The zero-order chi connectivity index (χ0) is 12.3. The van der Waals surface area contributed by atoms with Gasteiger partial charge < -0.3 is 5.32 Å². The molecule has 1 fully saturated rings. The van der Waals surface area contributed by atoms with Gasteiger partial charge >= 0.3 is 0 Å². The minimum absolute atomic E-state index is 0.0179. The second-order valence-corrected chi connectivity index (χ2v) is 6.31. The van der Waals surface area contributed by atoms with E-state index in [-0.39, 0.29) is 11.8 Å². The van der Waals surface area contributed by atoms with Crippen molar-refractivity contribution in [3.8, 4) is 0 Å². The SMILES string of the molecule is CC1CNCCS(=O)(=O)N1Cc1ccncc1. The number of pyridine rings is 1. The Balaban J connectivity index is 2.21. The smallest absolute Gasteiger partial charge is 0.215 e. The highest BCUT2D eigenvalue weighted by Gasteiger charge is 2.29. The molecule has 5 nitrogen and oxygen atoms in total. The second kappa shape index (κ2) is 5.12. The Morgan fingerprint density at radius 3 is 2.88 bits per heavy atom. The maximum absolute atomic E-state index is 12.1. The fourth-order valence-corrected chi connectivity index (χ4v) is 3.53. The number of hydrogen-bond acceptors (Lipinski definition) is 4. The van der Waals surface area contributed by atoms with E-state index in [1.807, 2.05) is 19.1 Å². The Bertz CT molecular complexity index is 461. The molecule has 0 spiro atoms. The van der Waals surface area contributed by atoms with Crippen LogP contribution in [-0.4, -0.2) is 42.6 Å². The predicted octanol–water partition coefficient (Wildman–Crippen LogP) is 0.205. The molecule has 0 radical (unpaired) electrons. The fourth-order valence-electron chi connectivity index (χ4n) is 1.93. The van der Waals surface area contributed by atoms with Gasteiger partial charge in [0.15, 0.2) is 0 Å². The first-order valence-electron chi connectivity index (χ1n) is 5.69. The lowest BCUT2D eigenvalue weighted by Crippen LogP contribution is -2.40. The highest BCUT2D eigenvalue weighted by Crippen LogP contribution is 2.14. The van der Waals surface area contributed by atoms with Crippen molar-refractivity contribution in [2.45, 2.75) is 19.5 Å². The van der Waals surface area contributed by atoms with Crippen molar-refractivity contribution in [3.05, 3.63) is 30.1 Å². The van der Waals surface area contributed by atoms with Crippen LogP contribution in [0, 0.1) is 0 Å². The van der Waals surface area contributed by atoms with Crippen LogP contribution in [0.5, 0.6) is 0 Å². The largest absolute Gasteiger partial charge is 0.314 e. The number of hydrogen-bond donors (Lipinski definition) is 1. The van der Waals surface area contributed by atoms with Crippen LogP contribution in [0.4, 0.5) is 0 Å². The van der Waals surface area contributed by atoms with Gasteiger partial charge in [0.05, 0.1) is 5.75 Å². The third-order valence-corrected chi connectivity index (χ3v) is 4.84. The monoisotopic (exact) mass is 255 g/mol. The number of nitrogens with one attached hydrogen (secondary N) is 1. The van der Waals surface area contributed by atoms with Gasteiger partial charge in [-0.25, -0.2) is 8.42 Å². The topological polar surface area (TPSA) is 62.3 Å². The molecule has 1 N–H and O–H groups in total. The summed E-state index contributed by atoms with van der Waals surface area (Å²) in [4.78, 5) is 3.93. The zero-order valence-electron chi connectivity index (χ0n) is 9.83. The van der Waals surface area contributed by atoms with E-state index in [4.69, 9.17) is 0 Å². The van der Waals surface area contributed by atoms with Gasteiger partial charge in [-0.2, -0.15) is 4.31 Å². The maximum Gasteiger partial charge on any atom is 0.215 e. The van der Waals surface area contributed by atoms with Crippen LogP contribution in [0.2, 0.25) is 0 Å². The van der Waals surface area contributed by atoms with E-state index in [1.165, 1.54) is 0 Å². The molecule has 1 aliphatic rings. The first-order chi connectivity index (χ1) is 8.09. The third kappa shape index (κ3) is 3.02. The number of nitrogens with zero attached hydrogens (tertiary/aromatic N) is 2. The third-order valence-electron chi connectivity index (χ3n) is 2.91. The zero-order valence-corrected chi connectivity index (χ0v) is 10.7. The lowest BCUT2D eigenvalue weighted by Gasteiger charge is -2.25. The van der Waals surface area contributed by atoms with Crippen LogP contribution >= 0.6 is 0 Å². The van der Waals surface area contributed by atoms with E-state index in [1.54, 1.807) is 16.7 Å². The molecule has 2 heterocycles. The summed E-state index contributed by atoms with van der Waals surface area (Å²) >= 11 is 0. The van der Waals surface area contributed by atoms with Gasteiger partial charge in [-0.3, -0.25) is 4.98 Å². The molecule has 6 heteroatoms. The lowest BCUT2D eigenvalue weighted by molar-refractivity contribution is 0.332. The maximum atomic E-state index is 12.1. The Kier molecular flexibility index (Phi) is 3.76. The predicted molar refractivity (Wildman–Crippen MR) is 65.9 cm³/mol. The number of rotatable bonds is 2. The molecule has 0 bridgehead atoms. The molecular formula is C11H17N3O2S. The van der Waals surface area contributed by atoms with Crippen molar-refractivity contribution in [1.29, 1.82) is 0 Å². The van der Waals surface area contributed by atoms with Crippen LogP contribution in [0.3, 0.4) is 0 Å². The highest BCUT2D eigenvalue weighted by molar-refractivity contribution is 7.89. The normalized spacial score (nSPS) is 25.4. The Morgan fingerprint density at radius 2 is 2.18 bits per heavy atom. The summed E-state index contributed by atoms with van der Waals surface area (Å²) < 4.78 is 25.7. The minimum Gasteiger partial charge on any atom is -0.314 e. The van der Waals surface area contributed by atoms with Gasteiger partial charge in [-0.15, -0.1) is 0 Å². The average Bonchev–Trinajstić information content (AvgIpc) is 2.43. The second-order valence-electron chi connectivity index (χ2n) is 4.27. The van der Waals surface area contributed by atoms with Crippen LogP contribution in [0.15, 0.2) is 24.5 Å². The minimum atomic E-state index is -3.16. The Morgan fingerprint density at radius 1 is 1.47 bits per heavy atom. The van der Waals surface area contributed by atoms with Crippen molar-refractivity contribution >= 4 is 10.0 Å².